The van der Waals surface area contributed by atoms with Gasteiger partial charge in [0.15, 0.2) is 0 Å². The zero-order chi connectivity index (χ0) is 15.2. The van der Waals surface area contributed by atoms with E-state index in [2.05, 4.69) is 49.7 Å². The average molecular weight is 322 g/mol. The molecule has 0 spiro atoms. The summed E-state index contributed by atoms with van der Waals surface area (Å²) in [5.74, 6) is 0. The molecule has 1 aromatic heterocycles. The maximum absolute atomic E-state index is 6.37. The highest BCUT2D eigenvalue weighted by molar-refractivity contribution is 7.10. The molecular formula is C18H24ClNS. The lowest BCUT2D eigenvalue weighted by molar-refractivity contribution is 0.605. The van der Waals surface area contributed by atoms with Crippen molar-refractivity contribution in [3.63, 3.8) is 0 Å². The maximum Gasteiger partial charge on any atom is 0.0686 e. The van der Waals surface area contributed by atoms with Crippen LogP contribution in [-0.4, -0.2) is 6.54 Å². The van der Waals surface area contributed by atoms with E-state index in [9.17, 15) is 0 Å². The molecule has 0 saturated carbocycles. The Morgan fingerprint density at radius 3 is 2.43 bits per heavy atom. The average Bonchev–Trinajstić information content (AvgIpc) is 2.93. The van der Waals surface area contributed by atoms with E-state index in [0.29, 0.717) is 0 Å². The van der Waals surface area contributed by atoms with E-state index in [0.717, 1.165) is 30.8 Å². The van der Waals surface area contributed by atoms with Crippen LogP contribution in [0.25, 0.3) is 0 Å². The van der Waals surface area contributed by atoms with Gasteiger partial charge in [-0.1, -0.05) is 50.6 Å². The number of hydrogen-bond acceptors (Lipinski definition) is 2. The van der Waals surface area contributed by atoms with Crippen molar-refractivity contribution in [2.75, 3.05) is 6.54 Å². The molecular weight excluding hydrogens is 298 g/mol. The molecule has 0 aliphatic rings. The summed E-state index contributed by atoms with van der Waals surface area (Å²) in [7, 11) is 0. The highest BCUT2D eigenvalue weighted by Crippen LogP contribution is 2.33. The summed E-state index contributed by atoms with van der Waals surface area (Å²) in [6, 6.07) is 9.07. The monoisotopic (exact) mass is 321 g/mol. The minimum atomic E-state index is 0.202. The molecule has 0 fully saturated rings. The van der Waals surface area contributed by atoms with Crippen molar-refractivity contribution in [3.05, 3.63) is 56.2 Å². The van der Waals surface area contributed by atoms with E-state index >= 15 is 0 Å². The molecule has 0 bridgehead atoms. The summed E-state index contributed by atoms with van der Waals surface area (Å²) < 4.78 is 0. The highest BCUT2D eigenvalue weighted by Gasteiger charge is 2.18. The molecule has 2 aromatic rings. The number of nitrogens with one attached hydrogen (secondary N) is 1. The third kappa shape index (κ3) is 3.88. The lowest BCUT2D eigenvalue weighted by Gasteiger charge is -2.20. The van der Waals surface area contributed by atoms with Crippen LogP contribution in [-0.2, 0) is 12.8 Å². The van der Waals surface area contributed by atoms with E-state index in [1.807, 2.05) is 6.07 Å². The van der Waals surface area contributed by atoms with E-state index in [-0.39, 0.29) is 6.04 Å². The van der Waals surface area contributed by atoms with E-state index in [1.54, 1.807) is 11.3 Å². The van der Waals surface area contributed by atoms with Gasteiger partial charge < -0.3 is 5.32 Å². The zero-order valence-corrected chi connectivity index (χ0v) is 14.7. The molecule has 0 radical (unpaired) electrons. The number of thiophene rings is 1. The van der Waals surface area contributed by atoms with Gasteiger partial charge in [-0.05, 0) is 53.9 Å². The van der Waals surface area contributed by atoms with Gasteiger partial charge in [0.05, 0.1) is 11.1 Å². The predicted molar refractivity (Wildman–Crippen MR) is 94.7 cm³/mol. The molecule has 0 saturated heterocycles. The lowest BCUT2D eigenvalue weighted by Crippen LogP contribution is -2.22. The van der Waals surface area contributed by atoms with E-state index in [1.165, 1.54) is 21.6 Å². The van der Waals surface area contributed by atoms with Crippen LogP contribution in [0.15, 0.2) is 29.6 Å². The van der Waals surface area contributed by atoms with Gasteiger partial charge in [-0.2, -0.15) is 0 Å². The van der Waals surface area contributed by atoms with Crippen LogP contribution in [0.2, 0.25) is 5.02 Å². The fourth-order valence-corrected chi connectivity index (χ4v) is 3.93. The van der Waals surface area contributed by atoms with Crippen molar-refractivity contribution in [1.29, 1.82) is 0 Å². The first-order chi connectivity index (χ1) is 10.2. The molecule has 21 heavy (non-hydrogen) atoms. The summed E-state index contributed by atoms with van der Waals surface area (Å²) in [6.45, 7) is 7.63. The zero-order valence-electron chi connectivity index (χ0n) is 13.1. The minimum absolute atomic E-state index is 0.202. The van der Waals surface area contributed by atoms with Gasteiger partial charge in [0, 0.05) is 4.88 Å². The largest absolute Gasteiger partial charge is 0.306 e. The van der Waals surface area contributed by atoms with Gasteiger partial charge in [0.1, 0.15) is 0 Å². The molecule has 1 atom stereocenters. The highest BCUT2D eigenvalue weighted by atomic mass is 35.5. The second-order valence-corrected chi connectivity index (χ2v) is 6.61. The number of halogens is 1. The van der Waals surface area contributed by atoms with Gasteiger partial charge >= 0.3 is 0 Å². The Hall–Kier alpha value is -0.830. The van der Waals surface area contributed by atoms with Crippen molar-refractivity contribution in [2.45, 2.75) is 46.1 Å². The topological polar surface area (TPSA) is 12.0 Å². The first kappa shape index (κ1) is 16.5. The Kier molecular flexibility index (Phi) is 6.28. The lowest BCUT2D eigenvalue weighted by atomic mass is 9.96. The molecule has 2 rings (SSSR count). The summed E-state index contributed by atoms with van der Waals surface area (Å²) in [6.07, 6.45) is 3.29. The van der Waals surface area contributed by atoms with Crippen molar-refractivity contribution in [1.82, 2.24) is 5.32 Å². The number of rotatable bonds is 7. The Balaban J connectivity index is 2.39. The maximum atomic E-state index is 6.37. The first-order valence-corrected chi connectivity index (χ1v) is 9.04. The SMILES string of the molecule is CCCNC(c1ccc(CC)c(CC)c1)c1sccc1Cl. The van der Waals surface area contributed by atoms with Crippen LogP contribution < -0.4 is 5.32 Å². The van der Waals surface area contributed by atoms with E-state index < -0.39 is 0 Å². The van der Waals surface area contributed by atoms with Gasteiger partial charge in [-0.15, -0.1) is 11.3 Å². The summed E-state index contributed by atoms with van der Waals surface area (Å²) >= 11 is 8.10. The second-order valence-electron chi connectivity index (χ2n) is 5.26. The van der Waals surface area contributed by atoms with Gasteiger partial charge in [-0.25, -0.2) is 0 Å². The number of hydrogen-bond donors (Lipinski definition) is 1. The summed E-state index contributed by atoms with van der Waals surface area (Å²) in [4.78, 5) is 1.22. The fourth-order valence-electron chi connectivity index (χ4n) is 2.66. The smallest absolute Gasteiger partial charge is 0.0686 e. The van der Waals surface area contributed by atoms with Crippen LogP contribution >= 0.6 is 22.9 Å². The Morgan fingerprint density at radius 1 is 1.10 bits per heavy atom. The molecule has 0 amide bonds. The summed E-state index contributed by atoms with van der Waals surface area (Å²) in [5.41, 5.74) is 4.22. The number of benzene rings is 1. The normalized spacial score (nSPS) is 12.6. The third-order valence-corrected chi connectivity index (χ3v) is 5.25. The van der Waals surface area contributed by atoms with Crippen LogP contribution in [0.5, 0.6) is 0 Å². The molecule has 1 aromatic carbocycles. The fraction of sp³-hybridized carbons (Fsp3) is 0.444. The Bertz CT molecular complexity index is 576. The van der Waals surface area contributed by atoms with Crippen molar-refractivity contribution >= 4 is 22.9 Å². The first-order valence-electron chi connectivity index (χ1n) is 7.79. The standard InChI is InChI=1S/C18H24ClNS/c1-4-10-20-17(18-16(19)9-11-21-18)15-8-7-13(5-2)14(6-3)12-15/h7-9,11-12,17,20H,4-6,10H2,1-3H3. The van der Waals surface area contributed by atoms with Crippen molar-refractivity contribution in [2.24, 2.45) is 0 Å². The Labute approximate surface area is 137 Å². The van der Waals surface area contributed by atoms with Gasteiger partial charge in [-0.3, -0.25) is 0 Å². The minimum Gasteiger partial charge on any atom is -0.306 e. The molecule has 0 aliphatic heterocycles. The van der Waals surface area contributed by atoms with Gasteiger partial charge in [0.25, 0.3) is 0 Å². The Morgan fingerprint density at radius 2 is 1.86 bits per heavy atom. The summed E-state index contributed by atoms with van der Waals surface area (Å²) in [5, 5.41) is 6.58. The molecule has 3 heteroatoms. The van der Waals surface area contributed by atoms with Crippen LogP contribution in [0, 0.1) is 0 Å². The molecule has 0 aliphatic carbocycles. The molecule has 1 unspecified atom stereocenters. The predicted octanol–water partition coefficient (Wildman–Crippen LogP) is 5.62. The van der Waals surface area contributed by atoms with Crippen molar-refractivity contribution < 1.29 is 0 Å². The van der Waals surface area contributed by atoms with Crippen LogP contribution in [0.1, 0.15) is 54.8 Å². The third-order valence-electron chi connectivity index (χ3n) is 3.83. The van der Waals surface area contributed by atoms with Crippen LogP contribution in [0.4, 0.5) is 0 Å². The molecule has 1 nitrogen and oxygen atoms in total. The molecule has 1 N–H and O–H groups in total. The quantitative estimate of drug-likeness (QED) is 0.698. The van der Waals surface area contributed by atoms with Crippen molar-refractivity contribution in [3.8, 4) is 0 Å². The molecule has 114 valence electrons. The second kappa shape index (κ2) is 7.98. The molecule has 1 heterocycles. The van der Waals surface area contributed by atoms with Crippen LogP contribution in [0.3, 0.4) is 0 Å². The van der Waals surface area contributed by atoms with E-state index in [4.69, 9.17) is 11.6 Å². The van der Waals surface area contributed by atoms with Gasteiger partial charge in [0.2, 0.25) is 0 Å². The number of aryl methyl sites for hydroxylation is 2.